The van der Waals surface area contributed by atoms with Crippen molar-refractivity contribution in [1.82, 2.24) is 0 Å². The van der Waals surface area contributed by atoms with Gasteiger partial charge in [0.05, 0.1) is 39.3 Å². The van der Waals surface area contributed by atoms with Gasteiger partial charge in [0.1, 0.15) is 0 Å². The van der Waals surface area contributed by atoms with Gasteiger partial charge in [-0.3, -0.25) is 0 Å². The van der Waals surface area contributed by atoms with E-state index in [9.17, 15) is 14.4 Å². The van der Waals surface area contributed by atoms with Crippen LogP contribution in [0.3, 0.4) is 0 Å². The van der Waals surface area contributed by atoms with Crippen molar-refractivity contribution in [2.75, 3.05) is 39.3 Å². The van der Waals surface area contributed by atoms with Crippen molar-refractivity contribution < 1.29 is 24.2 Å². The van der Waals surface area contributed by atoms with Gasteiger partial charge in [-0.25, -0.2) is 0 Å². The molecular formula is C15H39N2O3P. The molecule has 0 saturated carbocycles. The van der Waals surface area contributed by atoms with Crippen LogP contribution in [-0.2, 0) is 4.57 Å². The predicted octanol–water partition coefficient (Wildman–Crippen LogP) is -0.829. The van der Waals surface area contributed by atoms with Crippen LogP contribution in [0.2, 0.25) is 0 Å². The Kier molecular flexibility index (Phi) is 20.3. The fraction of sp³-hybridized carbons (Fsp3) is 1.00. The van der Waals surface area contributed by atoms with Crippen molar-refractivity contribution in [1.29, 1.82) is 0 Å². The molecule has 0 spiro atoms. The number of hydrogen-bond donors (Lipinski definition) is 2. The molecule has 2 N–H and O–H groups in total. The molecular weight excluding hydrogens is 287 g/mol. The van der Waals surface area contributed by atoms with Gasteiger partial charge in [-0.2, -0.15) is 0 Å². The molecule has 0 heterocycles. The third-order valence-electron chi connectivity index (χ3n) is 3.63. The Morgan fingerprint density at radius 3 is 0.857 bits per heavy atom. The Labute approximate surface area is 132 Å². The molecule has 5 nitrogen and oxygen atoms in total. The normalized spacial score (nSPS) is 11.1. The first-order valence-corrected chi connectivity index (χ1v) is 9.94. The van der Waals surface area contributed by atoms with Gasteiger partial charge >= 0.3 is 0 Å². The van der Waals surface area contributed by atoms with Gasteiger partial charge in [0.15, 0.2) is 0 Å². The predicted molar refractivity (Wildman–Crippen MR) is 87.9 cm³/mol. The molecule has 0 aliphatic rings. The van der Waals surface area contributed by atoms with E-state index in [1.54, 1.807) is 9.80 Å². The highest BCUT2D eigenvalue weighted by molar-refractivity contribution is 7.49. The summed E-state index contributed by atoms with van der Waals surface area (Å²) in [6.07, 6.45) is 0. The highest BCUT2D eigenvalue weighted by Gasteiger charge is 1.94. The standard InChI is InChI=1S/2C6H15N.C3H9O3P/c2*1-4-7(5-2)6-3;1-3(2)7(4,5)6/h2*4-6H2,1-3H3;3H,1-2H3,(H2,4,5,6). The molecule has 0 fully saturated rings. The Morgan fingerprint density at radius 2 is 0.857 bits per heavy atom. The van der Waals surface area contributed by atoms with Crippen molar-refractivity contribution >= 4 is 7.60 Å². The summed E-state index contributed by atoms with van der Waals surface area (Å²) in [5, 5.41) is 0. The second-order valence-corrected chi connectivity index (χ2v) is 7.37. The van der Waals surface area contributed by atoms with E-state index in [-0.39, 0.29) is 0 Å². The van der Waals surface area contributed by atoms with Crippen LogP contribution in [0, 0.1) is 0 Å². The van der Waals surface area contributed by atoms with Crippen LogP contribution in [0.25, 0.3) is 0 Å². The van der Waals surface area contributed by atoms with E-state index < -0.39 is 13.3 Å². The monoisotopic (exact) mass is 326 g/mol. The van der Waals surface area contributed by atoms with Gasteiger partial charge in [-0.05, 0) is 47.2 Å². The topological polar surface area (TPSA) is 72.1 Å². The lowest BCUT2D eigenvalue weighted by atomic mass is 10.5. The lowest BCUT2D eigenvalue weighted by molar-refractivity contribution is -0.894. The van der Waals surface area contributed by atoms with Crippen molar-refractivity contribution in [2.24, 2.45) is 0 Å². The minimum Gasteiger partial charge on any atom is -0.811 e. The number of quaternary nitrogens is 2. The van der Waals surface area contributed by atoms with E-state index >= 15 is 0 Å². The van der Waals surface area contributed by atoms with Gasteiger partial charge < -0.3 is 24.2 Å². The zero-order chi connectivity index (χ0) is 17.5. The van der Waals surface area contributed by atoms with Crippen LogP contribution in [0.1, 0.15) is 55.4 Å². The van der Waals surface area contributed by atoms with Crippen molar-refractivity contribution in [3.05, 3.63) is 0 Å². The van der Waals surface area contributed by atoms with Crippen LogP contribution in [0.15, 0.2) is 0 Å². The average Bonchev–Trinajstić information content (AvgIpc) is 2.43. The quantitative estimate of drug-likeness (QED) is 0.600. The van der Waals surface area contributed by atoms with E-state index in [1.807, 2.05) is 0 Å². The average molecular weight is 326 g/mol. The highest BCUT2D eigenvalue weighted by atomic mass is 31.2. The summed E-state index contributed by atoms with van der Waals surface area (Å²) in [5.41, 5.74) is -0.757. The summed E-state index contributed by atoms with van der Waals surface area (Å²) < 4.78 is 9.80. The minimum absolute atomic E-state index is 0.757. The van der Waals surface area contributed by atoms with Crippen molar-refractivity contribution in [3.8, 4) is 0 Å². The molecule has 0 aromatic rings. The van der Waals surface area contributed by atoms with Crippen molar-refractivity contribution in [3.63, 3.8) is 0 Å². The summed E-state index contributed by atoms with van der Waals surface area (Å²) in [7, 11) is -4.24. The summed E-state index contributed by atoms with van der Waals surface area (Å²) in [6.45, 7) is 23.7. The lowest BCUT2D eigenvalue weighted by Crippen LogP contribution is -3.11. The minimum atomic E-state index is -4.24. The number of nitrogens with one attached hydrogen (secondary N) is 2. The molecule has 0 atom stereocenters. The maximum atomic E-state index is 9.80. The first kappa shape index (κ1) is 26.0. The molecule has 0 amide bonds. The highest BCUT2D eigenvalue weighted by Crippen LogP contribution is 2.29. The zero-order valence-electron chi connectivity index (χ0n) is 15.5. The van der Waals surface area contributed by atoms with Gasteiger partial charge in [0.25, 0.3) is 0 Å². The summed E-state index contributed by atoms with van der Waals surface area (Å²) in [5.74, 6) is 0. The molecule has 0 aliphatic heterocycles. The van der Waals surface area contributed by atoms with Crippen LogP contribution in [-0.4, -0.2) is 44.9 Å². The molecule has 0 rings (SSSR count). The molecule has 0 aliphatic carbocycles. The van der Waals surface area contributed by atoms with Crippen LogP contribution in [0.5, 0.6) is 0 Å². The molecule has 6 heteroatoms. The maximum absolute atomic E-state index is 9.80. The summed E-state index contributed by atoms with van der Waals surface area (Å²) in [6, 6.07) is 0. The fourth-order valence-electron chi connectivity index (χ4n) is 1.50. The second-order valence-electron chi connectivity index (χ2n) is 5.25. The Morgan fingerprint density at radius 1 is 0.714 bits per heavy atom. The lowest BCUT2D eigenvalue weighted by Gasteiger charge is -2.33. The first-order chi connectivity index (χ1) is 9.64. The first-order valence-electron chi connectivity index (χ1n) is 8.32. The van der Waals surface area contributed by atoms with Crippen molar-refractivity contribution in [2.45, 2.75) is 61.0 Å². The van der Waals surface area contributed by atoms with E-state index in [1.165, 1.54) is 53.1 Å². The molecule has 0 bridgehead atoms. The number of hydrogen-bond acceptors (Lipinski definition) is 3. The summed E-state index contributed by atoms with van der Waals surface area (Å²) >= 11 is 0. The van der Waals surface area contributed by atoms with Crippen LogP contribution < -0.4 is 19.6 Å². The maximum Gasteiger partial charge on any atom is 0.0742 e. The molecule has 0 aromatic carbocycles. The smallest absolute Gasteiger partial charge is 0.0742 e. The van der Waals surface area contributed by atoms with E-state index in [0.29, 0.717) is 0 Å². The Balaban J connectivity index is -0.000000231. The Bertz CT molecular complexity index is 214. The van der Waals surface area contributed by atoms with E-state index in [4.69, 9.17) is 0 Å². The molecule has 0 unspecified atom stereocenters. The van der Waals surface area contributed by atoms with Crippen LogP contribution >= 0.6 is 7.60 Å². The van der Waals surface area contributed by atoms with Gasteiger partial charge in [0.2, 0.25) is 0 Å². The molecule has 0 radical (unpaired) electrons. The van der Waals surface area contributed by atoms with E-state index in [0.717, 1.165) is 0 Å². The number of rotatable bonds is 7. The second kappa shape index (κ2) is 16.4. The fourth-order valence-corrected chi connectivity index (χ4v) is 1.50. The third kappa shape index (κ3) is 20.1. The van der Waals surface area contributed by atoms with Gasteiger partial charge in [-0.1, -0.05) is 21.4 Å². The Hall–Kier alpha value is 0.0700. The van der Waals surface area contributed by atoms with Crippen LogP contribution in [0.4, 0.5) is 0 Å². The van der Waals surface area contributed by atoms with Gasteiger partial charge in [0, 0.05) is 0 Å². The summed E-state index contributed by atoms with van der Waals surface area (Å²) in [4.78, 5) is 23.0. The van der Waals surface area contributed by atoms with Gasteiger partial charge in [-0.15, -0.1) is 0 Å². The zero-order valence-corrected chi connectivity index (χ0v) is 16.4. The SMILES string of the molecule is CC(C)P(=O)([O-])[O-].CC[NH+](CC)CC.CC[NH+](CC)CC. The molecule has 0 saturated heterocycles. The molecule has 21 heavy (non-hydrogen) atoms. The third-order valence-corrected chi connectivity index (χ3v) is 4.90. The molecule has 132 valence electrons. The van der Waals surface area contributed by atoms with E-state index in [2.05, 4.69) is 41.5 Å². The largest absolute Gasteiger partial charge is 0.811 e. The molecule has 0 aromatic heterocycles.